The fourth-order valence-electron chi connectivity index (χ4n) is 1.29. The van der Waals surface area contributed by atoms with E-state index in [1.54, 1.807) is 19.4 Å². The number of aromatic nitrogens is 1. The number of hydrogen-bond donors (Lipinski definition) is 0. The molecular formula is C13H13NO2. The summed E-state index contributed by atoms with van der Waals surface area (Å²) in [4.78, 5) is 4.06. The van der Waals surface area contributed by atoms with E-state index in [0.717, 1.165) is 5.75 Å². The Morgan fingerprint density at radius 1 is 0.938 bits per heavy atom. The van der Waals surface area contributed by atoms with Crippen molar-refractivity contribution in [3.05, 3.63) is 48.2 Å². The van der Waals surface area contributed by atoms with E-state index in [1.807, 2.05) is 37.3 Å². The maximum atomic E-state index is 5.61. The van der Waals surface area contributed by atoms with Crippen LogP contribution in [-0.2, 0) is 0 Å². The van der Waals surface area contributed by atoms with Gasteiger partial charge in [-0.15, -0.1) is 0 Å². The van der Waals surface area contributed by atoms with Gasteiger partial charge >= 0.3 is 0 Å². The van der Waals surface area contributed by atoms with Crippen LogP contribution in [0.5, 0.6) is 17.4 Å². The van der Waals surface area contributed by atoms with Crippen LogP contribution in [0.1, 0.15) is 5.56 Å². The van der Waals surface area contributed by atoms with E-state index in [2.05, 4.69) is 4.98 Å². The summed E-state index contributed by atoms with van der Waals surface area (Å²) in [6, 6.07) is 11.5. The zero-order valence-electron chi connectivity index (χ0n) is 9.31. The van der Waals surface area contributed by atoms with E-state index >= 15 is 0 Å². The van der Waals surface area contributed by atoms with Gasteiger partial charge in [-0.1, -0.05) is 17.7 Å². The number of rotatable bonds is 3. The second kappa shape index (κ2) is 4.66. The summed E-state index contributed by atoms with van der Waals surface area (Å²) in [5.41, 5.74) is 1.21. The van der Waals surface area contributed by atoms with Gasteiger partial charge in [-0.3, -0.25) is 0 Å². The van der Waals surface area contributed by atoms with E-state index in [-0.39, 0.29) is 0 Å². The maximum Gasteiger partial charge on any atom is 0.213 e. The Morgan fingerprint density at radius 2 is 1.62 bits per heavy atom. The number of aryl methyl sites for hydroxylation is 1. The quantitative estimate of drug-likeness (QED) is 0.787. The van der Waals surface area contributed by atoms with E-state index in [0.29, 0.717) is 11.6 Å². The van der Waals surface area contributed by atoms with Crippen LogP contribution in [0.15, 0.2) is 42.6 Å². The highest BCUT2D eigenvalue weighted by atomic mass is 16.5. The molecule has 0 aliphatic carbocycles. The van der Waals surface area contributed by atoms with Gasteiger partial charge in [0.25, 0.3) is 0 Å². The lowest BCUT2D eigenvalue weighted by atomic mass is 10.2. The molecule has 2 rings (SSSR count). The minimum atomic E-state index is 0.580. The van der Waals surface area contributed by atoms with Gasteiger partial charge in [0.2, 0.25) is 5.88 Å². The first-order valence-corrected chi connectivity index (χ1v) is 5.02. The Labute approximate surface area is 94.7 Å². The number of benzene rings is 1. The smallest absolute Gasteiger partial charge is 0.213 e. The number of hydrogen-bond acceptors (Lipinski definition) is 3. The molecular weight excluding hydrogens is 202 g/mol. The molecule has 82 valence electrons. The standard InChI is InChI=1S/C13H13NO2/c1-10-3-5-11(6-4-10)16-12-7-8-13(15-2)14-9-12/h3-9H,1-2H3. The van der Waals surface area contributed by atoms with Crippen molar-refractivity contribution in [2.45, 2.75) is 6.92 Å². The molecule has 1 heterocycles. The van der Waals surface area contributed by atoms with Gasteiger partial charge < -0.3 is 9.47 Å². The van der Waals surface area contributed by atoms with Crippen molar-refractivity contribution in [1.82, 2.24) is 4.98 Å². The predicted molar refractivity (Wildman–Crippen MR) is 62.0 cm³/mol. The largest absolute Gasteiger partial charge is 0.481 e. The van der Waals surface area contributed by atoms with Crippen LogP contribution in [0.3, 0.4) is 0 Å². The molecule has 2 aromatic rings. The summed E-state index contributed by atoms with van der Waals surface area (Å²) in [5.74, 6) is 2.08. The fraction of sp³-hybridized carbons (Fsp3) is 0.154. The lowest BCUT2D eigenvalue weighted by Crippen LogP contribution is -1.88. The van der Waals surface area contributed by atoms with Gasteiger partial charge in [0, 0.05) is 6.07 Å². The molecule has 0 radical (unpaired) electrons. The number of ether oxygens (including phenoxy) is 2. The van der Waals surface area contributed by atoms with Gasteiger partial charge in [-0.2, -0.15) is 0 Å². The lowest BCUT2D eigenvalue weighted by molar-refractivity contribution is 0.395. The third-order valence-electron chi connectivity index (χ3n) is 2.18. The molecule has 0 aliphatic rings. The average Bonchev–Trinajstić information content (AvgIpc) is 2.33. The Balaban J connectivity index is 2.11. The molecule has 1 aromatic heterocycles. The molecule has 0 fully saturated rings. The molecule has 3 nitrogen and oxygen atoms in total. The SMILES string of the molecule is COc1ccc(Oc2ccc(C)cc2)cn1. The molecule has 1 aromatic carbocycles. The molecule has 0 N–H and O–H groups in total. The van der Waals surface area contributed by atoms with E-state index in [4.69, 9.17) is 9.47 Å². The zero-order chi connectivity index (χ0) is 11.4. The molecule has 0 atom stereocenters. The third kappa shape index (κ3) is 2.51. The van der Waals surface area contributed by atoms with Crippen LogP contribution < -0.4 is 9.47 Å². The van der Waals surface area contributed by atoms with Crippen LogP contribution in [-0.4, -0.2) is 12.1 Å². The Kier molecular flexibility index (Phi) is 3.05. The first-order chi connectivity index (χ1) is 7.78. The minimum absolute atomic E-state index is 0.580. The summed E-state index contributed by atoms with van der Waals surface area (Å²) in [7, 11) is 1.59. The first kappa shape index (κ1) is 10.5. The van der Waals surface area contributed by atoms with Crippen molar-refractivity contribution in [2.24, 2.45) is 0 Å². The molecule has 0 saturated carbocycles. The zero-order valence-corrected chi connectivity index (χ0v) is 9.31. The average molecular weight is 215 g/mol. The summed E-state index contributed by atoms with van der Waals surface area (Å²) in [6.45, 7) is 2.04. The van der Waals surface area contributed by atoms with E-state index < -0.39 is 0 Å². The van der Waals surface area contributed by atoms with Crippen LogP contribution in [0, 0.1) is 6.92 Å². The van der Waals surface area contributed by atoms with Gasteiger partial charge in [0.15, 0.2) is 0 Å². The van der Waals surface area contributed by atoms with Crippen LogP contribution >= 0.6 is 0 Å². The topological polar surface area (TPSA) is 31.4 Å². The molecule has 0 amide bonds. The molecule has 0 unspecified atom stereocenters. The van der Waals surface area contributed by atoms with Crippen molar-refractivity contribution >= 4 is 0 Å². The van der Waals surface area contributed by atoms with Crippen molar-refractivity contribution in [2.75, 3.05) is 7.11 Å². The second-order valence-corrected chi connectivity index (χ2v) is 3.45. The first-order valence-electron chi connectivity index (χ1n) is 5.02. The molecule has 16 heavy (non-hydrogen) atoms. The van der Waals surface area contributed by atoms with Gasteiger partial charge in [0.05, 0.1) is 13.3 Å². The summed E-state index contributed by atoms with van der Waals surface area (Å²) >= 11 is 0. The number of methoxy groups -OCH3 is 1. The predicted octanol–water partition coefficient (Wildman–Crippen LogP) is 3.19. The van der Waals surface area contributed by atoms with Gasteiger partial charge in [-0.05, 0) is 25.1 Å². The number of pyridine rings is 1. The third-order valence-corrected chi connectivity index (χ3v) is 2.18. The van der Waals surface area contributed by atoms with Crippen molar-refractivity contribution in [1.29, 1.82) is 0 Å². The highest BCUT2D eigenvalue weighted by Crippen LogP contribution is 2.21. The van der Waals surface area contributed by atoms with E-state index in [9.17, 15) is 0 Å². The lowest BCUT2D eigenvalue weighted by Gasteiger charge is -2.05. The van der Waals surface area contributed by atoms with Crippen molar-refractivity contribution in [3.63, 3.8) is 0 Å². The highest BCUT2D eigenvalue weighted by Gasteiger charge is 1.98. The Hall–Kier alpha value is -2.03. The van der Waals surface area contributed by atoms with Crippen LogP contribution in [0.2, 0.25) is 0 Å². The highest BCUT2D eigenvalue weighted by molar-refractivity contribution is 5.32. The normalized spacial score (nSPS) is 9.88. The Morgan fingerprint density at radius 3 is 2.19 bits per heavy atom. The number of nitrogens with zero attached hydrogens (tertiary/aromatic N) is 1. The van der Waals surface area contributed by atoms with Gasteiger partial charge in [0.1, 0.15) is 11.5 Å². The summed E-state index contributed by atoms with van der Waals surface area (Å²) in [5, 5.41) is 0. The van der Waals surface area contributed by atoms with Crippen LogP contribution in [0.4, 0.5) is 0 Å². The monoisotopic (exact) mass is 215 g/mol. The second-order valence-electron chi connectivity index (χ2n) is 3.45. The van der Waals surface area contributed by atoms with Crippen molar-refractivity contribution < 1.29 is 9.47 Å². The Bertz CT molecular complexity index is 448. The molecule has 0 bridgehead atoms. The molecule has 0 spiro atoms. The fourth-order valence-corrected chi connectivity index (χ4v) is 1.29. The molecule has 0 aliphatic heterocycles. The van der Waals surface area contributed by atoms with Gasteiger partial charge in [-0.25, -0.2) is 4.98 Å². The molecule has 0 saturated heterocycles. The van der Waals surface area contributed by atoms with Crippen molar-refractivity contribution in [3.8, 4) is 17.4 Å². The maximum absolute atomic E-state index is 5.61. The molecule has 3 heteroatoms. The summed E-state index contributed by atoms with van der Waals surface area (Å²) in [6.07, 6.45) is 1.64. The minimum Gasteiger partial charge on any atom is -0.481 e. The van der Waals surface area contributed by atoms with E-state index in [1.165, 1.54) is 5.56 Å². The van der Waals surface area contributed by atoms with Crippen LogP contribution in [0.25, 0.3) is 0 Å². The summed E-state index contributed by atoms with van der Waals surface area (Å²) < 4.78 is 10.6.